The minimum absolute atomic E-state index is 0. The number of carboxylic acid groups (broad SMARTS) is 2. The van der Waals surface area contributed by atoms with E-state index in [-0.39, 0.29) is 33.5 Å². The number of nitrogens with one attached hydrogen (secondary N) is 3. The van der Waals surface area contributed by atoms with Crippen molar-refractivity contribution < 1.29 is 24.6 Å². The minimum Gasteiger partial charge on any atom is -0.476 e. The molecular formula is C18H36Br2N6O5S3. The predicted octanol–water partition coefficient (Wildman–Crippen LogP) is 1.92. The number of hydrogen-bond donors (Lipinski definition) is 7. The summed E-state index contributed by atoms with van der Waals surface area (Å²) in [6, 6.07) is 0. The van der Waals surface area contributed by atoms with Crippen molar-refractivity contribution in [1.29, 1.82) is 0 Å². The van der Waals surface area contributed by atoms with Gasteiger partial charge in [0.1, 0.15) is 0 Å². The summed E-state index contributed by atoms with van der Waals surface area (Å²) in [5, 5.41) is 28.1. The number of nitrogens with two attached hydrogens (primary N) is 2. The number of carboxylic acids is 2. The van der Waals surface area contributed by atoms with Gasteiger partial charge in [0.2, 0.25) is 5.78 Å². The fourth-order valence-corrected chi connectivity index (χ4v) is 2.30. The molecule has 16 heteroatoms. The normalized spacial score (nSPS) is 8.50. The summed E-state index contributed by atoms with van der Waals surface area (Å²) in [6.45, 7) is 8.15. The zero-order valence-corrected chi connectivity index (χ0v) is 26.0. The SMILES string of the molecule is Br.CCc1nc(C(=O)O)cs1.CN.CNC(=S)NC(C)(C)C.CNC(N)=S.O=C(O)C(=O)CBr. The summed E-state index contributed by atoms with van der Waals surface area (Å²) in [6.07, 6.45) is 0.804. The average molecular weight is 673 g/mol. The van der Waals surface area contributed by atoms with Crippen LogP contribution in [0.2, 0.25) is 0 Å². The summed E-state index contributed by atoms with van der Waals surface area (Å²) in [5.41, 5.74) is 9.64. The van der Waals surface area contributed by atoms with Crippen LogP contribution >= 0.6 is 68.7 Å². The van der Waals surface area contributed by atoms with Crippen molar-refractivity contribution in [1.82, 2.24) is 20.9 Å². The largest absolute Gasteiger partial charge is 0.476 e. The highest BCUT2D eigenvalue weighted by atomic mass is 79.9. The Morgan fingerprint density at radius 1 is 1.15 bits per heavy atom. The Labute approximate surface area is 234 Å². The van der Waals surface area contributed by atoms with E-state index >= 15 is 0 Å². The van der Waals surface area contributed by atoms with E-state index in [4.69, 9.17) is 28.2 Å². The van der Waals surface area contributed by atoms with Gasteiger partial charge in [0, 0.05) is 25.0 Å². The van der Waals surface area contributed by atoms with Gasteiger partial charge in [0.15, 0.2) is 15.9 Å². The van der Waals surface area contributed by atoms with Gasteiger partial charge in [0.25, 0.3) is 0 Å². The van der Waals surface area contributed by atoms with E-state index < -0.39 is 17.7 Å². The van der Waals surface area contributed by atoms with E-state index in [2.05, 4.69) is 75.6 Å². The lowest BCUT2D eigenvalue weighted by Gasteiger charge is -2.21. The zero-order valence-electron chi connectivity index (χ0n) is 20.2. The van der Waals surface area contributed by atoms with E-state index in [9.17, 15) is 14.4 Å². The number of aliphatic carboxylic acids is 1. The highest BCUT2D eigenvalue weighted by Crippen LogP contribution is 2.09. The number of alkyl halides is 1. The second kappa shape index (κ2) is 26.2. The van der Waals surface area contributed by atoms with Crippen LogP contribution in [-0.2, 0) is 16.0 Å². The monoisotopic (exact) mass is 670 g/mol. The molecule has 0 fully saturated rings. The molecule has 34 heavy (non-hydrogen) atoms. The van der Waals surface area contributed by atoms with Gasteiger partial charge in [-0.15, -0.1) is 28.3 Å². The zero-order chi connectivity index (χ0) is 27.2. The van der Waals surface area contributed by atoms with E-state index in [1.807, 2.05) is 6.92 Å². The van der Waals surface area contributed by atoms with Crippen molar-refractivity contribution in [2.75, 3.05) is 26.5 Å². The van der Waals surface area contributed by atoms with Gasteiger partial charge in [0.05, 0.1) is 10.3 Å². The minimum atomic E-state index is -1.39. The van der Waals surface area contributed by atoms with Crippen LogP contribution in [0.1, 0.15) is 43.2 Å². The maximum Gasteiger partial charge on any atom is 0.373 e. The van der Waals surface area contributed by atoms with Gasteiger partial charge in [-0.1, -0.05) is 22.9 Å². The summed E-state index contributed by atoms with van der Waals surface area (Å²) >= 11 is 13.3. The van der Waals surface area contributed by atoms with Gasteiger partial charge in [-0.2, -0.15) is 0 Å². The summed E-state index contributed by atoms with van der Waals surface area (Å²) in [5.74, 6) is -3.16. The first-order valence-corrected chi connectivity index (χ1v) is 12.0. The van der Waals surface area contributed by atoms with Crippen LogP contribution in [0.5, 0.6) is 0 Å². The number of Topliss-reactive ketones (excluding diaryl/α,β-unsaturated/α-hetero) is 1. The molecule has 1 rings (SSSR count). The third-order valence-corrected chi connectivity index (χ3v) is 4.41. The summed E-state index contributed by atoms with van der Waals surface area (Å²) in [7, 11) is 4.99. The van der Waals surface area contributed by atoms with Crippen molar-refractivity contribution in [3.63, 3.8) is 0 Å². The summed E-state index contributed by atoms with van der Waals surface area (Å²) in [4.78, 5) is 33.5. The van der Waals surface area contributed by atoms with E-state index in [1.54, 1.807) is 19.5 Å². The van der Waals surface area contributed by atoms with Crippen LogP contribution in [0.15, 0.2) is 5.38 Å². The molecule has 1 aromatic rings. The standard InChI is InChI=1S/C6H14N2S.C6H7NO2S.C3H3BrO3.C2H6N2S.CH5N.BrH/c1-6(2,3)8-5(9)7-4;1-2-5-7-4(3-10-5)6(8)9;4-1-2(5)3(6)7;1-4-2(3)5;1-2;/h1-4H3,(H2,7,8,9);3H,2H2,1H3,(H,8,9);1H2,(H,6,7);1H3,(H3,3,4,5);2H2,1H3;1H. The molecule has 0 bridgehead atoms. The Kier molecular flexibility index (Phi) is 32.8. The smallest absolute Gasteiger partial charge is 0.373 e. The molecule has 200 valence electrons. The average Bonchev–Trinajstić information content (AvgIpc) is 3.24. The number of rotatable bonds is 4. The second-order valence-corrected chi connectivity index (χ2v) is 8.57. The number of aromatic nitrogens is 1. The lowest BCUT2D eigenvalue weighted by atomic mass is 10.1. The molecule has 0 saturated heterocycles. The first-order chi connectivity index (χ1) is 15.1. The molecule has 1 heterocycles. The topological polar surface area (TPSA) is 193 Å². The van der Waals surface area contributed by atoms with Crippen molar-refractivity contribution >= 4 is 96.6 Å². The number of aromatic carboxylic acids is 1. The Morgan fingerprint density at radius 3 is 1.71 bits per heavy atom. The molecule has 0 amide bonds. The van der Waals surface area contributed by atoms with Crippen molar-refractivity contribution in [3.8, 4) is 0 Å². The van der Waals surface area contributed by atoms with Crippen molar-refractivity contribution in [3.05, 3.63) is 16.1 Å². The van der Waals surface area contributed by atoms with Crippen LogP contribution < -0.4 is 27.4 Å². The van der Waals surface area contributed by atoms with Crippen LogP contribution in [0.4, 0.5) is 0 Å². The first kappa shape index (κ1) is 42.7. The Hall–Kier alpha value is -1.46. The predicted molar refractivity (Wildman–Crippen MR) is 156 cm³/mol. The molecule has 1 aromatic heterocycles. The number of carbonyl (C=O) groups is 3. The highest BCUT2D eigenvalue weighted by molar-refractivity contribution is 9.09. The third kappa shape index (κ3) is 32.7. The number of thiazole rings is 1. The molecule has 0 saturated carbocycles. The second-order valence-electron chi connectivity index (χ2n) is 6.22. The van der Waals surface area contributed by atoms with Crippen LogP contribution in [0.3, 0.4) is 0 Å². The van der Waals surface area contributed by atoms with Gasteiger partial charge < -0.3 is 37.6 Å². The Bertz CT molecular complexity index is 731. The number of hydrogen-bond acceptors (Lipinski definition) is 8. The van der Waals surface area contributed by atoms with E-state index in [0.29, 0.717) is 10.2 Å². The molecule has 0 unspecified atom stereocenters. The summed E-state index contributed by atoms with van der Waals surface area (Å²) < 4.78 is 0. The molecule has 0 aromatic carbocycles. The molecular weight excluding hydrogens is 636 g/mol. The lowest BCUT2D eigenvalue weighted by molar-refractivity contribution is -0.147. The quantitative estimate of drug-likeness (QED) is 0.140. The number of nitrogens with zero attached hydrogens (tertiary/aromatic N) is 1. The first-order valence-electron chi connectivity index (χ1n) is 9.19. The number of halogens is 2. The molecule has 0 spiro atoms. The molecule has 9 N–H and O–H groups in total. The number of carbonyl (C=O) groups excluding carboxylic acids is 1. The highest BCUT2D eigenvalue weighted by Gasteiger charge is 2.09. The molecule has 11 nitrogen and oxygen atoms in total. The number of thiocarbonyl (C=S) groups is 2. The fraction of sp³-hybridized carbons (Fsp3) is 0.556. The molecule has 0 aliphatic heterocycles. The molecule has 0 aliphatic rings. The molecule has 0 radical (unpaired) electrons. The van der Waals surface area contributed by atoms with Crippen LogP contribution in [0.25, 0.3) is 0 Å². The van der Waals surface area contributed by atoms with Crippen LogP contribution in [0, 0.1) is 0 Å². The van der Waals surface area contributed by atoms with Crippen molar-refractivity contribution in [2.45, 2.75) is 39.7 Å². The van der Waals surface area contributed by atoms with E-state index in [1.165, 1.54) is 18.4 Å². The maximum atomic E-state index is 10.3. The van der Waals surface area contributed by atoms with Gasteiger partial charge in [-0.05, 0) is 58.7 Å². The third-order valence-electron chi connectivity index (χ3n) is 2.40. The number of aryl methyl sites for hydroxylation is 1. The lowest BCUT2D eigenvalue weighted by Crippen LogP contribution is -2.44. The van der Waals surface area contributed by atoms with Gasteiger partial charge >= 0.3 is 11.9 Å². The van der Waals surface area contributed by atoms with Gasteiger partial charge in [-0.3, -0.25) is 4.79 Å². The fourth-order valence-electron chi connectivity index (χ4n) is 1.03. The van der Waals surface area contributed by atoms with Crippen LogP contribution in [-0.4, -0.2) is 75.2 Å². The van der Waals surface area contributed by atoms with E-state index in [0.717, 1.165) is 11.4 Å². The molecule has 0 aliphatic carbocycles. The Balaban J connectivity index is -0.000000109. The molecule has 0 atom stereocenters. The number of ketones is 1. The van der Waals surface area contributed by atoms with Crippen molar-refractivity contribution in [2.24, 2.45) is 11.5 Å². The maximum absolute atomic E-state index is 10.3. The Morgan fingerprint density at radius 2 is 1.59 bits per heavy atom. The van der Waals surface area contributed by atoms with Gasteiger partial charge in [-0.25, -0.2) is 14.6 Å².